The molecular weight excluding hydrogens is 372 g/mol. The molecule has 1 saturated carbocycles. The number of carboxylic acid groups (broad SMARTS) is 1. The van der Waals surface area contributed by atoms with Crippen LogP contribution in [0.25, 0.3) is 0 Å². The van der Waals surface area contributed by atoms with Crippen molar-refractivity contribution in [1.29, 1.82) is 0 Å². The molecule has 3 unspecified atom stereocenters. The second-order valence-electron chi connectivity index (χ2n) is 6.52. The van der Waals surface area contributed by atoms with Crippen molar-refractivity contribution in [3.05, 3.63) is 54.1 Å². The molecule has 1 N–H and O–H groups in total. The van der Waals surface area contributed by atoms with Crippen LogP contribution in [-0.4, -0.2) is 31.9 Å². The Morgan fingerprint density at radius 3 is 2.63 bits per heavy atom. The Morgan fingerprint density at radius 2 is 1.89 bits per heavy atom. The van der Waals surface area contributed by atoms with Crippen molar-refractivity contribution in [1.82, 2.24) is 0 Å². The highest BCUT2D eigenvalue weighted by Gasteiger charge is 2.40. The molecule has 1 heterocycles. The van der Waals surface area contributed by atoms with Gasteiger partial charge in [-0.1, -0.05) is 30.3 Å². The van der Waals surface area contributed by atoms with Crippen molar-refractivity contribution in [2.24, 2.45) is 0 Å². The Balaban J connectivity index is 1.59. The first-order valence-corrected chi connectivity index (χ1v) is 10.0. The van der Waals surface area contributed by atoms with Crippen LogP contribution in [0.3, 0.4) is 0 Å². The first kappa shape index (κ1) is 17.8. The van der Waals surface area contributed by atoms with Crippen LogP contribution >= 0.6 is 0 Å². The number of ether oxygens (including phenoxy) is 2. The second kappa shape index (κ2) is 6.86. The maximum atomic E-state index is 12.3. The smallest absolute Gasteiger partial charge is 0.375 e. The summed E-state index contributed by atoms with van der Waals surface area (Å²) < 4.78 is 40.9. The number of rotatable bonds is 6. The zero-order chi connectivity index (χ0) is 19.0. The van der Waals surface area contributed by atoms with E-state index >= 15 is 0 Å². The van der Waals surface area contributed by atoms with Gasteiger partial charge in [0, 0.05) is 11.5 Å². The Bertz CT molecular complexity index is 955. The Kier molecular flexibility index (Phi) is 4.53. The largest absolute Gasteiger partial charge is 0.486 e. The molecule has 1 aliphatic heterocycles. The molecule has 2 aromatic carbocycles. The molecule has 0 amide bonds. The number of carbonyl (C=O) groups is 1. The predicted octanol–water partition coefficient (Wildman–Crippen LogP) is 2.91. The van der Waals surface area contributed by atoms with Gasteiger partial charge in [-0.25, -0.2) is 8.98 Å². The summed E-state index contributed by atoms with van der Waals surface area (Å²) in [6.07, 6.45) is 1.05. The van der Waals surface area contributed by atoms with Crippen molar-refractivity contribution >= 4 is 16.1 Å². The summed E-state index contributed by atoms with van der Waals surface area (Å²) in [5.41, 5.74) is 0.963. The summed E-state index contributed by atoms with van der Waals surface area (Å²) in [4.78, 5) is 11.4. The fraction of sp³-hybridized carbons (Fsp3) is 0.316. The number of hydrogen-bond donors (Lipinski definition) is 1. The standard InChI is InChI=1S/C19H18O7S/c20-18(21)19(26-27(22,23)12-6-2-1-3-7-12)25-16-11-5-9-14-13-8-4-10-15(13)24-17(14)16/h1-3,5-7,9,11,13,15,19H,4,8,10H2,(H,20,21). The Morgan fingerprint density at radius 1 is 1.11 bits per heavy atom. The third-order valence-corrected chi connectivity index (χ3v) is 6.09. The third kappa shape index (κ3) is 3.38. The van der Waals surface area contributed by atoms with E-state index < -0.39 is 22.4 Å². The van der Waals surface area contributed by atoms with Gasteiger partial charge in [0.1, 0.15) is 6.10 Å². The van der Waals surface area contributed by atoms with Gasteiger partial charge in [0.05, 0.1) is 4.90 Å². The SMILES string of the molecule is O=C(O)C(Oc1cccc2c1OC1CCCC21)OS(=O)(=O)c1ccccc1. The average molecular weight is 390 g/mol. The first-order chi connectivity index (χ1) is 13.0. The van der Waals surface area contributed by atoms with E-state index in [1.807, 2.05) is 6.07 Å². The topological polar surface area (TPSA) is 99.1 Å². The molecule has 0 bridgehead atoms. The van der Waals surface area contributed by atoms with Gasteiger partial charge >= 0.3 is 22.4 Å². The minimum Gasteiger partial charge on any atom is -0.486 e. The maximum Gasteiger partial charge on any atom is 0.375 e. The molecule has 0 radical (unpaired) electrons. The normalized spacial score (nSPS) is 21.8. The summed E-state index contributed by atoms with van der Waals surface area (Å²) in [7, 11) is -4.30. The van der Waals surface area contributed by atoms with E-state index in [-0.39, 0.29) is 22.7 Å². The van der Waals surface area contributed by atoms with Gasteiger partial charge in [0.15, 0.2) is 11.5 Å². The number of para-hydroxylation sites is 1. The van der Waals surface area contributed by atoms with E-state index in [9.17, 15) is 18.3 Å². The van der Waals surface area contributed by atoms with Gasteiger partial charge in [0.2, 0.25) is 0 Å². The van der Waals surface area contributed by atoms with Crippen LogP contribution in [0.1, 0.15) is 30.7 Å². The molecule has 142 valence electrons. The Hall–Kier alpha value is -2.58. The second-order valence-corrected chi connectivity index (χ2v) is 8.09. The van der Waals surface area contributed by atoms with E-state index in [2.05, 4.69) is 0 Å². The van der Waals surface area contributed by atoms with E-state index in [0.717, 1.165) is 24.8 Å². The van der Waals surface area contributed by atoms with Crippen LogP contribution < -0.4 is 9.47 Å². The molecule has 3 atom stereocenters. The summed E-state index contributed by atoms with van der Waals surface area (Å²) in [5.74, 6) is -0.650. The quantitative estimate of drug-likeness (QED) is 0.598. The molecule has 8 heteroatoms. The fourth-order valence-corrected chi connectivity index (χ4v) is 4.56. The van der Waals surface area contributed by atoms with E-state index in [4.69, 9.17) is 13.7 Å². The van der Waals surface area contributed by atoms with Crippen LogP contribution in [0.5, 0.6) is 11.5 Å². The molecule has 7 nitrogen and oxygen atoms in total. The lowest BCUT2D eigenvalue weighted by Crippen LogP contribution is -2.32. The average Bonchev–Trinajstić information content (AvgIpc) is 3.24. The monoisotopic (exact) mass is 390 g/mol. The molecule has 2 aliphatic rings. The van der Waals surface area contributed by atoms with Gasteiger partial charge in [-0.3, -0.25) is 0 Å². The minimum atomic E-state index is -4.30. The van der Waals surface area contributed by atoms with Crippen LogP contribution in [0.4, 0.5) is 0 Å². The number of hydrogen-bond acceptors (Lipinski definition) is 6. The highest BCUT2D eigenvalue weighted by Crippen LogP contribution is 2.50. The summed E-state index contributed by atoms with van der Waals surface area (Å²) in [5, 5.41) is 9.40. The van der Waals surface area contributed by atoms with Gasteiger partial charge in [-0.15, -0.1) is 0 Å². The van der Waals surface area contributed by atoms with Crippen molar-refractivity contribution in [2.75, 3.05) is 0 Å². The highest BCUT2D eigenvalue weighted by atomic mass is 32.2. The zero-order valence-electron chi connectivity index (χ0n) is 14.3. The van der Waals surface area contributed by atoms with E-state index in [0.29, 0.717) is 5.75 Å². The van der Waals surface area contributed by atoms with Crippen molar-refractivity contribution in [3.63, 3.8) is 0 Å². The van der Waals surface area contributed by atoms with Gasteiger partial charge in [-0.05, 0) is 37.5 Å². The molecule has 27 heavy (non-hydrogen) atoms. The molecule has 0 saturated heterocycles. The van der Waals surface area contributed by atoms with Crippen LogP contribution in [-0.2, 0) is 19.1 Å². The number of benzene rings is 2. The minimum absolute atomic E-state index is 0.0574. The Labute approximate surface area is 156 Å². The maximum absolute atomic E-state index is 12.3. The molecule has 1 aliphatic carbocycles. The number of carboxylic acids is 1. The van der Waals surface area contributed by atoms with E-state index in [1.54, 1.807) is 18.2 Å². The molecular formula is C19H18O7S. The van der Waals surface area contributed by atoms with Gasteiger partial charge in [0.25, 0.3) is 0 Å². The molecule has 0 spiro atoms. The van der Waals surface area contributed by atoms with Crippen molar-refractivity contribution in [2.45, 2.75) is 42.5 Å². The van der Waals surface area contributed by atoms with Crippen molar-refractivity contribution < 1.29 is 32.0 Å². The lowest BCUT2D eigenvalue weighted by Gasteiger charge is -2.17. The van der Waals surface area contributed by atoms with E-state index in [1.165, 1.54) is 24.3 Å². The predicted molar refractivity (Wildman–Crippen MR) is 94.2 cm³/mol. The fourth-order valence-electron chi connectivity index (χ4n) is 3.60. The molecule has 2 aromatic rings. The van der Waals surface area contributed by atoms with Crippen LogP contribution in [0.2, 0.25) is 0 Å². The van der Waals surface area contributed by atoms with Crippen LogP contribution in [0.15, 0.2) is 53.4 Å². The summed E-state index contributed by atoms with van der Waals surface area (Å²) >= 11 is 0. The van der Waals surface area contributed by atoms with Gasteiger partial charge < -0.3 is 14.6 Å². The molecule has 0 aromatic heterocycles. The summed E-state index contributed by atoms with van der Waals surface area (Å²) in [6.45, 7) is 0. The summed E-state index contributed by atoms with van der Waals surface area (Å²) in [6, 6.07) is 12.5. The molecule has 1 fully saturated rings. The highest BCUT2D eigenvalue weighted by molar-refractivity contribution is 7.86. The van der Waals surface area contributed by atoms with Crippen molar-refractivity contribution in [3.8, 4) is 11.5 Å². The van der Waals surface area contributed by atoms with Gasteiger partial charge in [-0.2, -0.15) is 8.42 Å². The number of aliphatic carboxylic acids is 1. The zero-order valence-corrected chi connectivity index (χ0v) is 15.1. The third-order valence-electron chi connectivity index (χ3n) is 4.81. The van der Waals surface area contributed by atoms with Crippen LogP contribution in [0, 0.1) is 0 Å². The number of fused-ring (bicyclic) bond motifs is 3. The first-order valence-electron chi connectivity index (χ1n) is 8.63. The lowest BCUT2D eigenvalue weighted by atomic mass is 9.97. The lowest BCUT2D eigenvalue weighted by molar-refractivity contribution is -0.158. The molecule has 4 rings (SSSR count).